The van der Waals surface area contributed by atoms with Crippen LogP contribution in [-0.2, 0) is 9.53 Å². The number of ether oxygens (including phenoxy) is 1. The molecule has 2 fully saturated rings. The Kier molecular flexibility index (Phi) is 4.66. The van der Waals surface area contributed by atoms with Gasteiger partial charge in [-0.2, -0.15) is 0 Å². The van der Waals surface area contributed by atoms with Gasteiger partial charge in [0.1, 0.15) is 0 Å². The van der Waals surface area contributed by atoms with Crippen molar-refractivity contribution >= 4 is 5.97 Å². The molecule has 0 radical (unpaired) electrons. The van der Waals surface area contributed by atoms with E-state index in [2.05, 4.69) is 5.32 Å². The van der Waals surface area contributed by atoms with Crippen molar-refractivity contribution < 1.29 is 9.53 Å². The molecule has 1 aliphatic heterocycles. The zero-order valence-corrected chi connectivity index (χ0v) is 11.8. The third kappa shape index (κ3) is 3.25. The van der Waals surface area contributed by atoms with E-state index < -0.39 is 0 Å². The summed E-state index contributed by atoms with van der Waals surface area (Å²) in [5.41, 5.74) is -0.340. The molecule has 0 bridgehead atoms. The molecule has 1 N–H and O–H groups in total. The summed E-state index contributed by atoms with van der Waals surface area (Å²) in [6.45, 7) is 6.73. The molecule has 1 saturated heterocycles. The Hall–Kier alpha value is -0.570. The number of carbonyl (C=O) groups excluding carboxylic acids is 1. The summed E-state index contributed by atoms with van der Waals surface area (Å²) in [6.07, 6.45) is 7.38. The van der Waals surface area contributed by atoms with Gasteiger partial charge >= 0.3 is 5.97 Å². The van der Waals surface area contributed by atoms with Gasteiger partial charge in [0.2, 0.25) is 0 Å². The van der Waals surface area contributed by atoms with Crippen LogP contribution in [-0.4, -0.2) is 25.7 Å². The molecule has 1 atom stereocenters. The molecule has 0 aromatic rings. The molecule has 104 valence electrons. The first kappa shape index (κ1) is 13.9. The average Bonchev–Trinajstić information content (AvgIpc) is 2.33. The summed E-state index contributed by atoms with van der Waals surface area (Å²) in [5.74, 6) is 1.23. The van der Waals surface area contributed by atoms with E-state index in [1.165, 1.54) is 25.7 Å². The lowest BCUT2D eigenvalue weighted by atomic mass is 9.75. The number of piperidine rings is 1. The van der Waals surface area contributed by atoms with Crippen LogP contribution in [0.25, 0.3) is 0 Å². The molecule has 1 heterocycles. The fraction of sp³-hybridized carbons (Fsp3) is 0.933. The average molecular weight is 253 g/mol. The van der Waals surface area contributed by atoms with Crippen molar-refractivity contribution in [2.45, 2.75) is 52.4 Å². The van der Waals surface area contributed by atoms with Crippen LogP contribution in [0.15, 0.2) is 0 Å². The number of hydrogen-bond donors (Lipinski definition) is 1. The number of carbonyl (C=O) groups is 1. The molecule has 2 rings (SSSR count). The molecular weight excluding hydrogens is 226 g/mol. The maximum Gasteiger partial charge on any atom is 0.311 e. The van der Waals surface area contributed by atoms with Crippen LogP contribution < -0.4 is 5.32 Å². The molecular formula is C15H27NO2. The van der Waals surface area contributed by atoms with Gasteiger partial charge in [-0.05, 0) is 58.0 Å². The van der Waals surface area contributed by atoms with Gasteiger partial charge in [-0.1, -0.05) is 19.3 Å². The first-order valence-electron chi connectivity index (χ1n) is 7.48. The first-order chi connectivity index (χ1) is 8.60. The third-order valence-corrected chi connectivity index (χ3v) is 4.83. The maximum atomic E-state index is 12.2. The number of nitrogens with one attached hydrogen (secondary N) is 1. The summed E-state index contributed by atoms with van der Waals surface area (Å²) in [5, 5.41) is 3.38. The van der Waals surface area contributed by atoms with Crippen LogP contribution in [0.1, 0.15) is 52.4 Å². The van der Waals surface area contributed by atoms with Crippen molar-refractivity contribution in [3.05, 3.63) is 0 Å². The second-order valence-corrected chi connectivity index (χ2v) is 6.49. The maximum absolute atomic E-state index is 12.2. The van der Waals surface area contributed by atoms with Gasteiger partial charge in [-0.25, -0.2) is 0 Å². The fourth-order valence-electron chi connectivity index (χ4n) is 2.92. The number of hydrogen-bond acceptors (Lipinski definition) is 3. The standard InChI is InChI=1S/C15H27NO2/c1-15(2,13-7-4-9-16-11-13)14(17)18-10-8-12-5-3-6-12/h12-13,16H,3-11H2,1-2H3. The zero-order valence-electron chi connectivity index (χ0n) is 11.8. The van der Waals surface area contributed by atoms with Crippen LogP contribution in [0.2, 0.25) is 0 Å². The monoisotopic (exact) mass is 253 g/mol. The van der Waals surface area contributed by atoms with E-state index in [4.69, 9.17) is 4.74 Å². The minimum absolute atomic E-state index is 0.00414. The zero-order chi connectivity index (χ0) is 13.0. The highest BCUT2D eigenvalue weighted by atomic mass is 16.5. The molecule has 3 heteroatoms. The summed E-state index contributed by atoms with van der Waals surface area (Å²) in [7, 11) is 0. The SMILES string of the molecule is CC(C)(C(=O)OCCC1CCC1)C1CCCNC1. The quantitative estimate of drug-likeness (QED) is 0.766. The lowest BCUT2D eigenvalue weighted by molar-refractivity contribution is -0.158. The molecule has 0 aromatic heterocycles. The van der Waals surface area contributed by atoms with Crippen molar-refractivity contribution in [2.75, 3.05) is 19.7 Å². The lowest BCUT2D eigenvalue weighted by Crippen LogP contribution is -2.43. The Bertz CT molecular complexity index is 278. The van der Waals surface area contributed by atoms with Crippen LogP contribution in [0, 0.1) is 17.3 Å². The van der Waals surface area contributed by atoms with E-state index >= 15 is 0 Å². The van der Waals surface area contributed by atoms with Crippen molar-refractivity contribution in [1.82, 2.24) is 5.32 Å². The normalized spacial score (nSPS) is 25.6. The predicted octanol–water partition coefficient (Wildman–Crippen LogP) is 2.75. The van der Waals surface area contributed by atoms with E-state index in [-0.39, 0.29) is 11.4 Å². The van der Waals surface area contributed by atoms with E-state index in [0.717, 1.165) is 31.8 Å². The van der Waals surface area contributed by atoms with Crippen molar-refractivity contribution in [3.63, 3.8) is 0 Å². The Morgan fingerprint density at radius 1 is 1.28 bits per heavy atom. The molecule has 1 aliphatic carbocycles. The van der Waals surface area contributed by atoms with Crippen LogP contribution in [0.5, 0.6) is 0 Å². The van der Waals surface area contributed by atoms with Gasteiger partial charge in [-0.3, -0.25) is 4.79 Å². The smallest absolute Gasteiger partial charge is 0.311 e. The van der Waals surface area contributed by atoms with Crippen molar-refractivity contribution in [1.29, 1.82) is 0 Å². The van der Waals surface area contributed by atoms with Crippen LogP contribution in [0.4, 0.5) is 0 Å². The number of rotatable bonds is 5. The van der Waals surface area contributed by atoms with E-state index in [0.29, 0.717) is 12.5 Å². The molecule has 2 aliphatic rings. The summed E-state index contributed by atoms with van der Waals surface area (Å²) in [6, 6.07) is 0. The Labute approximate surface area is 111 Å². The molecule has 0 amide bonds. The van der Waals surface area contributed by atoms with E-state index in [1.807, 2.05) is 13.8 Å². The lowest BCUT2D eigenvalue weighted by Gasteiger charge is -2.35. The Balaban J connectivity index is 1.74. The van der Waals surface area contributed by atoms with E-state index in [1.54, 1.807) is 0 Å². The highest BCUT2D eigenvalue weighted by Crippen LogP contribution is 2.34. The second kappa shape index (κ2) is 6.05. The molecule has 1 unspecified atom stereocenters. The highest BCUT2D eigenvalue weighted by Gasteiger charge is 2.38. The largest absolute Gasteiger partial charge is 0.465 e. The third-order valence-electron chi connectivity index (χ3n) is 4.83. The molecule has 18 heavy (non-hydrogen) atoms. The number of esters is 1. The predicted molar refractivity (Wildman–Crippen MR) is 72.3 cm³/mol. The summed E-state index contributed by atoms with van der Waals surface area (Å²) >= 11 is 0. The van der Waals surface area contributed by atoms with Gasteiger partial charge in [0.25, 0.3) is 0 Å². The molecule has 0 spiro atoms. The van der Waals surface area contributed by atoms with Crippen LogP contribution >= 0.6 is 0 Å². The topological polar surface area (TPSA) is 38.3 Å². The summed E-state index contributed by atoms with van der Waals surface area (Å²) < 4.78 is 5.50. The van der Waals surface area contributed by atoms with Crippen molar-refractivity contribution in [2.24, 2.45) is 17.3 Å². The van der Waals surface area contributed by atoms with Gasteiger partial charge in [0.05, 0.1) is 12.0 Å². The fourth-order valence-corrected chi connectivity index (χ4v) is 2.92. The van der Waals surface area contributed by atoms with Gasteiger partial charge in [0.15, 0.2) is 0 Å². The molecule has 3 nitrogen and oxygen atoms in total. The first-order valence-corrected chi connectivity index (χ1v) is 7.48. The molecule has 1 saturated carbocycles. The Morgan fingerprint density at radius 3 is 2.61 bits per heavy atom. The second-order valence-electron chi connectivity index (χ2n) is 6.49. The summed E-state index contributed by atoms with van der Waals surface area (Å²) in [4.78, 5) is 12.2. The molecule has 0 aromatic carbocycles. The van der Waals surface area contributed by atoms with Gasteiger partial charge in [-0.15, -0.1) is 0 Å². The van der Waals surface area contributed by atoms with Gasteiger partial charge < -0.3 is 10.1 Å². The van der Waals surface area contributed by atoms with Gasteiger partial charge in [0, 0.05) is 0 Å². The highest BCUT2D eigenvalue weighted by molar-refractivity contribution is 5.76. The van der Waals surface area contributed by atoms with Crippen molar-refractivity contribution in [3.8, 4) is 0 Å². The minimum Gasteiger partial charge on any atom is -0.465 e. The van der Waals surface area contributed by atoms with E-state index in [9.17, 15) is 4.79 Å². The Morgan fingerprint density at radius 2 is 2.06 bits per heavy atom. The van der Waals surface area contributed by atoms with Crippen LogP contribution in [0.3, 0.4) is 0 Å². The minimum atomic E-state index is -0.340.